The molecule has 1 unspecified atom stereocenters. The molecule has 3 N–H and O–H groups in total. The third-order valence-electron chi connectivity index (χ3n) is 2.76. The van der Waals surface area contributed by atoms with E-state index in [0.717, 1.165) is 12.5 Å². The summed E-state index contributed by atoms with van der Waals surface area (Å²) in [5, 5.41) is 2.54. The molecule has 0 saturated carbocycles. The van der Waals surface area contributed by atoms with Gasteiger partial charge in [0.15, 0.2) is 0 Å². The lowest BCUT2D eigenvalue weighted by molar-refractivity contribution is -0.138. The fraction of sp³-hybridized carbons (Fsp3) is 0.385. The monoisotopic (exact) mass is 382 g/mol. The SMILES string of the molecule is CCCC(NC(=O)c1ccc(Br)c(C(F)(F)F)c1)C(N)=S. The molecule has 0 spiro atoms. The molecule has 0 heterocycles. The van der Waals surface area contributed by atoms with Gasteiger partial charge in [-0.15, -0.1) is 0 Å². The summed E-state index contributed by atoms with van der Waals surface area (Å²) in [6.45, 7) is 1.89. The van der Waals surface area contributed by atoms with E-state index in [0.29, 0.717) is 6.42 Å². The fourth-order valence-corrected chi connectivity index (χ4v) is 2.35. The van der Waals surface area contributed by atoms with Gasteiger partial charge in [-0.25, -0.2) is 0 Å². The number of hydrogen-bond donors (Lipinski definition) is 2. The topological polar surface area (TPSA) is 55.1 Å². The van der Waals surface area contributed by atoms with E-state index >= 15 is 0 Å². The number of hydrogen-bond acceptors (Lipinski definition) is 2. The lowest BCUT2D eigenvalue weighted by Gasteiger charge is -2.17. The van der Waals surface area contributed by atoms with Gasteiger partial charge in [-0.3, -0.25) is 4.79 Å². The number of amides is 1. The zero-order valence-corrected chi connectivity index (χ0v) is 13.5. The van der Waals surface area contributed by atoms with Crippen LogP contribution in [0.25, 0.3) is 0 Å². The Morgan fingerprint density at radius 3 is 2.57 bits per heavy atom. The highest BCUT2D eigenvalue weighted by Gasteiger charge is 2.33. The highest BCUT2D eigenvalue weighted by Crippen LogP contribution is 2.35. The van der Waals surface area contributed by atoms with Gasteiger partial charge in [0.25, 0.3) is 5.91 Å². The number of nitrogens with one attached hydrogen (secondary N) is 1. The van der Waals surface area contributed by atoms with E-state index in [9.17, 15) is 18.0 Å². The van der Waals surface area contributed by atoms with Crippen LogP contribution in [0.5, 0.6) is 0 Å². The minimum Gasteiger partial charge on any atom is -0.392 e. The number of carbonyl (C=O) groups is 1. The molecule has 3 nitrogen and oxygen atoms in total. The molecular weight excluding hydrogens is 369 g/mol. The highest BCUT2D eigenvalue weighted by atomic mass is 79.9. The molecule has 116 valence electrons. The molecule has 1 aromatic carbocycles. The van der Waals surface area contributed by atoms with E-state index in [1.165, 1.54) is 12.1 Å². The summed E-state index contributed by atoms with van der Waals surface area (Å²) in [7, 11) is 0. The van der Waals surface area contributed by atoms with Gasteiger partial charge in [-0.1, -0.05) is 41.5 Å². The second kappa shape index (κ2) is 7.22. The number of rotatable bonds is 5. The lowest BCUT2D eigenvalue weighted by Crippen LogP contribution is -2.43. The molecule has 1 atom stereocenters. The predicted molar refractivity (Wildman–Crippen MR) is 82.1 cm³/mol. The quantitative estimate of drug-likeness (QED) is 0.764. The Morgan fingerprint density at radius 2 is 2.10 bits per heavy atom. The van der Waals surface area contributed by atoms with Gasteiger partial charge < -0.3 is 11.1 Å². The van der Waals surface area contributed by atoms with Crippen LogP contribution in [0.15, 0.2) is 22.7 Å². The van der Waals surface area contributed by atoms with E-state index in [-0.39, 0.29) is 15.0 Å². The molecule has 0 bridgehead atoms. The van der Waals surface area contributed by atoms with Crippen molar-refractivity contribution in [3.05, 3.63) is 33.8 Å². The van der Waals surface area contributed by atoms with Gasteiger partial charge in [0.05, 0.1) is 16.6 Å². The first kappa shape index (κ1) is 17.9. The predicted octanol–water partition coefficient (Wildman–Crippen LogP) is 3.65. The van der Waals surface area contributed by atoms with Crippen molar-refractivity contribution in [3.63, 3.8) is 0 Å². The van der Waals surface area contributed by atoms with Gasteiger partial charge in [0.2, 0.25) is 0 Å². The lowest BCUT2D eigenvalue weighted by atomic mass is 10.1. The van der Waals surface area contributed by atoms with E-state index in [1.54, 1.807) is 0 Å². The van der Waals surface area contributed by atoms with Crippen molar-refractivity contribution < 1.29 is 18.0 Å². The molecule has 0 aliphatic rings. The average molecular weight is 383 g/mol. The van der Waals surface area contributed by atoms with Crippen molar-refractivity contribution in [2.75, 3.05) is 0 Å². The zero-order valence-electron chi connectivity index (χ0n) is 11.1. The number of halogens is 4. The molecule has 1 amide bonds. The normalized spacial score (nSPS) is 12.8. The summed E-state index contributed by atoms with van der Waals surface area (Å²) in [5.41, 5.74) is 4.50. The Morgan fingerprint density at radius 1 is 1.48 bits per heavy atom. The van der Waals surface area contributed by atoms with Crippen molar-refractivity contribution in [2.45, 2.75) is 32.0 Å². The summed E-state index contributed by atoms with van der Waals surface area (Å²) in [4.78, 5) is 12.1. The van der Waals surface area contributed by atoms with Gasteiger partial charge in [0, 0.05) is 10.0 Å². The first-order valence-corrected chi connectivity index (χ1v) is 7.33. The van der Waals surface area contributed by atoms with Crippen LogP contribution < -0.4 is 11.1 Å². The van der Waals surface area contributed by atoms with Crippen molar-refractivity contribution in [2.24, 2.45) is 5.73 Å². The molecular formula is C13H14BrF3N2OS. The van der Waals surface area contributed by atoms with Crippen molar-refractivity contribution in [3.8, 4) is 0 Å². The van der Waals surface area contributed by atoms with Gasteiger partial charge in [0.1, 0.15) is 0 Å². The fourth-order valence-electron chi connectivity index (χ4n) is 1.70. The molecule has 0 aliphatic heterocycles. The molecule has 1 rings (SSSR count). The van der Waals surface area contributed by atoms with Gasteiger partial charge in [-0.2, -0.15) is 13.2 Å². The number of nitrogens with two attached hydrogens (primary N) is 1. The van der Waals surface area contributed by atoms with E-state index in [1.807, 2.05) is 6.92 Å². The Balaban J connectivity index is 3.00. The molecule has 0 aliphatic carbocycles. The van der Waals surface area contributed by atoms with Gasteiger partial charge in [-0.05, 0) is 24.6 Å². The van der Waals surface area contributed by atoms with Crippen LogP contribution in [0.3, 0.4) is 0 Å². The average Bonchev–Trinajstić information content (AvgIpc) is 2.37. The van der Waals surface area contributed by atoms with Crippen LogP contribution in [0.2, 0.25) is 0 Å². The minimum absolute atomic E-state index is 0.0946. The number of alkyl halides is 3. The van der Waals surface area contributed by atoms with Crippen LogP contribution >= 0.6 is 28.1 Å². The Hall–Kier alpha value is -1.15. The third-order valence-corrected chi connectivity index (χ3v) is 3.74. The third kappa shape index (κ3) is 4.96. The van der Waals surface area contributed by atoms with Crippen molar-refractivity contribution >= 4 is 39.0 Å². The Kier molecular flexibility index (Phi) is 6.15. The van der Waals surface area contributed by atoms with E-state index in [4.69, 9.17) is 18.0 Å². The maximum Gasteiger partial charge on any atom is 0.417 e. The number of benzene rings is 1. The Bertz CT molecular complexity index is 549. The standard InChI is InChI=1S/C13H14BrF3N2OS/c1-2-3-10(11(18)21)19-12(20)7-4-5-9(14)8(6-7)13(15,16)17/h4-6,10H,2-3H2,1H3,(H2,18,21)(H,19,20). The number of carbonyl (C=O) groups excluding carboxylic acids is 1. The summed E-state index contributed by atoms with van der Waals surface area (Å²) in [6.07, 6.45) is -3.28. The van der Waals surface area contributed by atoms with Crippen molar-refractivity contribution in [1.29, 1.82) is 0 Å². The molecule has 0 fully saturated rings. The largest absolute Gasteiger partial charge is 0.417 e. The van der Waals surface area contributed by atoms with E-state index in [2.05, 4.69) is 21.2 Å². The van der Waals surface area contributed by atoms with Crippen LogP contribution in [-0.2, 0) is 6.18 Å². The van der Waals surface area contributed by atoms with Crippen LogP contribution in [0.4, 0.5) is 13.2 Å². The number of thiocarbonyl (C=S) groups is 1. The smallest absolute Gasteiger partial charge is 0.392 e. The second-order valence-electron chi connectivity index (χ2n) is 4.41. The van der Waals surface area contributed by atoms with Gasteiger partial charge >= 0.3 is 6.18 Å². The summed E-state index contributed by atoms with van der Waals surface area (Å²) < 4.78 is 38.3. The maximum atomic E-state index is 12.8. The minimum atomic E-state index is -4.54. The zero-order chi connectivity index (χ0) is 16.2. The second-order valence-corrected chi connectivity index (χ2v) is 5.74. The molecule has 21 heavy (non-hydrogen) atoms. The first-order chi connectivity index (χ1) is 9.66. The van der Waals surface area contributed by atoms with Crippen LogP contribution in [0, 0.1) is 0 Å². The Labute approximate surface area is 134 Å². The molecule has 0 saturated heterocycles. The molecule has 8 heteroatoms. The molecule has 0 aromatic heterocycles. The van der Waals surface area contributed by atoms with Crippen LogP contribution in [-0.4, -0.2) is 16.9 Å². The summed E-state index contributed by atoms with van der Waals surface area (Å²) in [5.74, 6) is -0.640. The van der Waals surface area contributed by atoms with E-state index < -0.39 is 23.7 Å². The summed E-state index contributed by atoms with van der Waals surface area (Å²) in [6, 6.07) is 2.75. The van der Waals surface area contributed by atoms with Crippen LogP contribution in [0.1, 0.15) is 35.7 Å². The van der Waals surface area contributed by atoms with Crippen molar-refractivity contribution in [1.82, 2.24) is 5.32 Å². The molecule has 1 aromatic rings. The highest BCUT2D eigenvalue weighted by molar-refractivity contribution is 9.10. The summed E-state index contributed by atoms with van der Waals surface area (Å²) >= 11 is 7.65. The molecule has 0 radical (unpaired) electrons. The maximum absolute atomic E-state index is 12.8. The first-order valence-electron chi connectivity index (χ1n) is 6.13.